The molecule has 0 aliphatic carbocycles. The summed E-state index contributed by atoms with van der Waals surface area (Å²) >= 11 is 0. The first-order valence-electron chi connectivity index (χ1n) is 9.38. The van der Waals surface area contributed by atoms with E-state index in [0.29, 0.717) is 18.0 Å². The van der Waals surface area contributed by atoms with Gasteiger partial charge in [-0.2, -0.15) is 0 Å². The molecule has 0 fully saturated rings. The van der Waals surface area contributed by atoms with E-state index >= 15 is 0 Å². The quantitative estimate of drug-likeness (QED) is 0.640. The van der Waals surface area contributed by atoms with Crippen molar-refractivity contribution >= 4 is 11.7 Å². The Kier molecular flexibility index (Phi) is 5.78. The second-order valence-corrected chi connectivity index (χ2v) is 7.88. The number of ether oxygens (including phenoxy) is 1. The summed E-state index contributed by atoms with van der Waals surface area (Å²) in [5.74, 6) is 1.21. The number of carbonyl (C=O) groups is 1. The number of rotatable bonds is 5. The topological polar surface area (TPSA) is 51.2 Å². The van der Waals surface area contributed by atoms with Gasteiger partial charge in [-0.15, -0.1) is 0 Å². The molecule has 0 unspecified atom stereocenters. The van der Waals surface area contributed by atoms with Gasteiger partial charge >= 0.3 is 0 Å². The lowest BCUT2D eigenvalue weighted by molar-refractivity contribution is 0.102. The zero-order valence-electron chi connectivity index (χ0n) is 16.8. The van der Waals surface area contributed by atoms with E-state index in [1.54, 1.807) is 18.2 Å². The van der Waals surface area contributed by atoms with E-state index in [4.69, 9.17) is 4.74 Å². The van der Waals surface area contributed by atoms with Gasteiger partial charge in [-0.1, -0.05) is 51.1 Å². The maximum Gasteiger partial charge on any atom is 0.256 e. The van der Waals surface area contributed by atoms with Crippen LogP contribution >= 0.6 is 0 Å². The van der Waals surface area contributed by atoms with Crippen LogP contribution in [0.3, 0.4) is 0 Å². The van der Waals surface area contributed by atoms with Crippen LogP contribution in [0.2, 0.25) is 0 Å². The van der Waals surface area contributed by atoms with Crippen LogP contribution in [0.1, 0.15) is 48.0 Å². The van der Waals surface area contributed by atoms with Crippen LogP contribution < -0.4 is 10.1 Å². The fourth-order valence-corrected chi connectivity index (χ4v) is 2.77. The Morgan fingerprint density at radius 2 is 1.64 bits per heavy atom. The van der Waals surface area contributed by atoms with Crippen molar-refractivity contribution in [1.82, 2.24) is 4.98 Å². The monoisotopic (exact) mass is 374 g/mol. The molecular formula is C24H26N2O2. The Labute approximate surface area is 166 Å². The molecule has 1 heterocycles. The standard InChI is InChI=1S/C24H26N2O2/c1-17-6-5-7-22(25-17)26-23(27)19-10-8-18(9-11-19)16-28-21-14-12-20(13-15-21)24(2,3)4/h5-15H,16H2,1-4H3,(H,25,26,27). The Morgan fingerprint density at radius 1 is 0.964 bits per heavy atom. The third kappa shape index (κ3) is 5.19. The molecule has 0 bridgehead atoms. The minimum atomic E-state index is -0.177. The van der Waals surface area contributed by atoms with Gasteiger partial charge in [0.25, 0.3) is 5.91 Å². The van der Waals surface area contributed by atoms with Crippen molar-refractivity contribution < 1.29 is 9.53 Å². The molecule has 3 aromatic rings. The highest BCUT2D eigenvalue weighted by molar-refractivity contribution is 6.03. The van der Waals surface area contributed by atoms with Crippen molar-refractivity contribution in [2.24, 2.45) is 0 Å². The van der Waals surface area contributed by atoms with E-state index in [1.165, 1.54) is 5.56 Å². The number of pyridine rings is 1. The van der Waals surface area contributed by atoms with Crippen molar-refractivity contribution in [3.05, 3.63) is 89.1 Å². The molecule has 0 radical (unpaired) electrons. The summed E-state index contributed by atoms with van der Waals surface area (Å²) in [5, 5.41) is 2.81. The van der Waals surface area contributed by atoms with Gasteiger partial charge in [0.1, 0.15) is 18.2 Å². The fourth-order valence-electron chi connectivity index (χ4n) is 2.77. The van der Waals surface area contributed by atoms with Crippen LogP contribution in [0, 0.1) is 6.92 Å². The summed E-state index contributed by atoms with van der Waals surface area (Å²) in [5.41, 5.74) is 3.86. The molecule has 28 heavy (non-hydrogen) atoms. The van der Waals surface area contributed by atoms with Gasteiger partial charge in [-0.3, -0.25) is 4.79 Å². The minimum Gasteiger partial charge on any atom is -0.489 e. The normalized spacial score (nSPS) is 11.1. The highest BCUT2D eigenvalue weighted by Gasteiger charge is 2.13. The van der Waals surface area contributed by atoms with Crippen LogP contribution in [-0.4, -0.2) is 10.9 Å². The van der Waals surface area contributed by atoms with Crippen LogP contribution in [0.5, 0.6) is 5.75 Å². The average Bonchev–Trinajstić information content (AvgIpc) is 2.66. The maximum atomic E-state index is 12.3. The van der Waals surface area contributed by atoms with Crippen LogP contribution in [-0.2, 0) is 12.0 Å². The smallest absolute Gasteiger partial charge is 0.256 e. The zero-order chi connectivity index (χ0) is 20.1. The van der Waals surface area contributed by atoms with Gasteiger partial charge in [0, 0.05) is 11.3 Å². The first-order chi connectivity index (χ1) is 13.3. The second kappa shape index (κ2) is 8.26. The summed E-state index contributed by atoms with van der Waals surface area (Å²) in [6.45, 7) is 8.91. The molecule has 2 aromatic carbocycles. The van der Waals surface area contributed by atoms with E-state index < -0.39 is 0 Å². The number of anilines is 1. The number of carbonyl (C=O) groups excluding carboxylic acids is 1. The van der Waals surface area contributed by atoms with E-state index in [-0.39, 0.29) is 11.3 Å². The predicted molar refractivity (Wildman–Crippen MR) is 113 cm³/mol. The molecule has 1 N–H and O–H groups in total. The highest BCUT2D eigenvalue weighted by Crippen LogP contribution is 2.24. The molecule has 0 saturated heterocycles. The largest absolute Gasteiger partial charge is 0.489 e. The summed E-state index contributed by atoms with van der Waals surface area (Å²) in [6.07, 6.45) is 0. The van der Waals surface area contributed by atoms with Crippen molar-refractivity contribution in [3.63, 3.8) is 0 Å². The van der Waals surface area contributed by atoms with E-state index in [1.807, 2.05) is 43.3 Å². The number of hydrogen-bond acceptors (Lipinski definition) is 3. The molecule has 4 nitrogen and oxygen atoms in total. The SMILES string of the molecule is Cc1cccc(NC(=O)c2ccc(COc3ccc(C(C)(C)C)cc3)cc2)n1. The fraction of sp³-hybridized carbons (Fsp3) is 0.250. The summed E-state index contributed by atoms with van der Waals surface area (Å²) in [4.78, 5) is 16.6. The van der Waals surface area contributed by atoms with Crippen LogP contribution in [0.25, 0.3) is 0 Å². The minimum absolute atomic E-state index is 0.128. The summed E-state index contributed by atoms with van der Waals surface area (Å²) in [6, 6.07) is 21.1. The number of amides is 1. The number of nitrogens with zero attached hydrogens (tertiary/aromatic N) is 1. The maximum absolute atomic E-state index is 12.3. The molecule has 1 aromatic heterocycles. The van der Waals surface area contributed by atoms with E-state index in [9.17, 15) is 4.79 Å². The number of aromatic nitrogens is 1. The van der Waals surface area contributed by atoms with Crippen LogP contribution in [0.4, 0.5) is 5.82 Å². The zero-order valence-corrected chi connectivity index (χ0v) is 16.8. The van der Waals surface area contributed by atoms with Crippen molar-refractivity contribution in [3.8, 4) is 5.75 Å². The van der Waals surface area contributed by atoms with Gasteiger partial charge in [-0.05, 0) is 59.9 Å². The second-order valence-electron chi connectivity index (χ2n) is 7.88. The number of hydrogen-bond donors (Lipinski definition) is 1. The third-order valence-corrected chi connectivity index (χ3v) is 4.47. The average molecular weight is 374 g/mol. The van der Waals surface area contributed by atoms with Crippen molar-refractivity contribution in [2.45, 2.75) is 39.7 Å². The number of aryl methyl sites for hydroxylation is 1. The number of benzene rings is 2. The molecule has 3 rings (SSSR count). The molecule has 4 heteroatoms. The van der Waals surface area contributed by atoms with Crippen LogP contribution in [0.15, 0.2) is 66.7 Å². The van der Waals surface area contributed by atoms with Gasteiger partial charge in [-0.25, -0.2) is 4.98 Å². The highest BCUT2D eigenvalue weighted by atomic mass is 16.5. The predicted octanol–water partition coefficient (Wildman–Crippen LogP) is 5.52. The first-order valence-corrected chi connectivity index (χ1v) is 9.38. The lowest BCUT2D eigenvalue weighted by atomic mass is 9.87. The molecule has 0 saturated carbocycles. The molecule has 0 aliphatic heterocycles. The van der Waals surface area contributed by atoms with Crippen molar-refractivity contribution in [2.75, 3.05) is 5.32 Å². The Morgan fingerprint density at radius 3 is 2.25 bits per heavy atom. The summed E-state index contributed by atoms with van der Waals surface area (Å²) < 4.78 is 5.86. The van der Waals surface area contributed by atoms with Gasteiger partial charge in [0.05, 0.1) is 0 Å². The molecule has 0 atom stereocenters. The molecular weight excluding hydrogens is 348 g/mol. The van der Waals surface area contributed by atoms with Gasteiger partial charge in [0.15, 0.2) is 0 Å². The van der Waals surface area contributed by atoms with E-state index in [2.05, 4.69) is 43.2 Å². The lowest BCUT2D eigenvalue weighted by Gasteiger charge is -2.19. The Bertz CT molecular complexity index is 940. The first kappa shape index (κ1) is 19.6. The van der Waals surface area contributed by atoms with E-state index in [0.717, 1.165) is 17.0 Å². The Balaban J connectivity index is 1.57. The van der Waals surface area contributed by atoms with Crippen molar-refractivity contribution in [1.29, 1.82) is 0 Å². The molecule has 144 valence electrons. The molecule has 0 spiro atoms. The lowest BCUT2D eigenvalue weighted by Crippen LogP contribution is -2.13. The molecule has 0 aliphatic rings. The molecule has 1 amide bonds. The van der Waals surface area contributed by atoms with Gasteiger partial charge < -0.3 is 10.1 Å². The van der Waals surface area contributed by atoms with Gasteiger partial charge in [0.2, 0.25) is 0 Å². The summed E-state index contributed by atoms with van der Waals surface area (Å²) in [7, 11) is 0. The number of nitrogens with one attached hydrogen (secondary N) is 1. The Hall–Kier alpha value is -3.14. The third-order valence-electron chi connectivity index (χ3n) is 4.47.